The van der Waals surface area contributed by atoms with Crippen LogP contribution in [-0.2, 0) is 33.1 Å². The number of carboxylic acid groups (broad SMARTS) is 1. The molecule has 0 aliphatic carbocycles. The molecule has 1 heterocycles. The van der Waals surface area contributed by atoms with Crippen LogP contribution >= 0.6 is 22.9 Å². The molecular formula is C33H35ClN2O7S2. The Morgan fingerprint density at radius 3 is 2.36 bits per heavy atom. The first-order valence-electron chi connectivity index (χ1n) is 14.2. The van der Waals surface area contributed by atoms with Gasteiger partial charge >= 0.3 is 5.97 Å². The van der Waals surface area contributed by atoms with E-state index in [0.29, 0.717) is 23.6 Å². The molecule has 12 heteroatoms. The lowest BCUT2D eigenvalue weighted by molar-refractivity contribution is -0.146. The zero-order valence-corrected chi connectivity index (χ0v) is 27.8. The third kappa shape index (κ3) is 9.53. The van der Waals surface area contributed by atoms with Crippen molar-refractivity contribution in [1.29, 1.82) is 0 Å². The van der Waals surface area contributed by atoms with Gasteiger partial charge in [0.25, 0.3) is 12.1 Å². The number of nitrogens with zero attached hydrogens (tertiary/aromatic N) is 1. The fraction of sp³-hybridized carbons (Fsp3) is 0.303. The number of thiazole rings is 1. The van der Waals surface area contributed by atoms with Crippen LogP contribution < -0.4 is 14.8 Å². The fourth-order valence-electron chi connectivity index (χ4n) is 4.20. The molecule has 0 saturated heterocycles. The highest BCUT2D eigenvalue weighted by molar-refractivity contribution is 7.91. The number of sulfone groups is 1. The van der Waals surface area contributed by atoms with Gasteiger partial charge in [0.1, 0.15) is 23.1 Å². The number of halogens is 1. The number of hydrogen-bond donors (Lipinski definition) is 2. The smallest absolute Gasteiger partial charge is 0.366 e. The van der Waals surface area contributed by atoms with E-state index < -0.39 is 27.9 Å². The van der Waals surface area contributed by atoms with E-state index >= 15 is 0 Å². The average molecular weight is 671 g/mol. The lowest BCUT2D eigenvalue weighted by Crippen LogP contribution is -2.44. The Balaban J connectivity index is 1.32. The highest BCUT2D eigenvalue weighted by atomic mass is 35.5. The Morgan fingerprint density at radius 2 is 1.73 bits per heavy atom. The minimum absolute atomic E-state index is 0.0329. The summed E-state index contributed by atoms with van der Waals surface area (Å²) in [6, 6.07) is 17.5. The second-order valence-electron chi connectivity index (χ2n) is 11.5. The van der Waals surface area contributed by atoms with Crippen molar-refractivity contribution in [2.24, 2.45) is 0 Å². The summed E-state index contributed by atoms with van der Waals surface area (Å²) < 4.78 is 36.6. The maximum absolute atomic E-state index is 13.0. The Labute approximate surface area is 272 Å². The number of hydrogen-bond acceptors (Lipinski definition) is 8. The molecule has 0 aliphatic rings. The lowest BCUT2D eigenvalue weighted by Gasteiger charge is -2.17. The van der Waals surface area contributed by atoms with Crippen molar-refractivity contribution in [2.45, 2.75) is 63.7 Å². The van der Waals surface area contributed by atoms with Gasteiger partial charge in [-0.2, -0.15) is 0 Å². The molecule has 1 aromatic heterocycles. The highest BCUT2D eigenvalue weighted by Crippen LogP contribution is 2.26. The van der Waals surface area contributed by atoms with Crippen molar-refractivity contribution in [3.05, 3.63) is 105 Å². The standard InChI is InChI=1S/C33H35ClN2O7S2/c1-21-7-10-23(18-27(21)42-19-29-35-28(20-44-29)33(2,3)4)30(37)36-31(32(38)39)43-25-13-8-22(9-14-25)6-5-17-45(40,41)26-15-11-24(34)12-16-26/h7-16,18,20,31H,5-6,17,19H2,1-4H3,(H,36,37)(H,38,39). The number of carbonyl (C=O) groups is 2. The summed E-state index contributed by atoms with van der Waals surface area (Å²) >= 11 is 7.35. The maximum atomic E-state index is 13.0. The summed E-state index contributed by atoms with van der Waals surface area (Å²) in [5, 5.41) is 15.4. The summed E-state index contributed by atoms with van der Waals surface area (Å²) in [4.78, 5) is 29.8. The minimum Gasteiger partial charge on any atom is -0.486 e. The molecule has 0 bridgehead atoms. The molecule has 2 N–H and O–H groups in total. The quantitative estimate of drug-likeness (QED) is 0.152. The van der Waals surface area contributed by atoms with E-state index in [1.54, 1.807) is 54.6 Å². The van der Waals surface area contributed by atoms with Crippen LogP contribution in [0.25, 0.3) is 0 Å². The lowest BCUT2D eigenvalue weighted by atomic mass is 9.93. The number of ether oxygens (including phenoxy) is 2. The molecule has 238 valence electrons. The third-order valence-electron chi connectivity index (χ3n) is 6.84. The van der Waals surface area contributed by atoms with E-state index in [2.05, 4.69) is 31.1 Å². The van der Waals surface area contributed by atoms with Gasteiger partial charge < -0.3 is 19.9 Å². The van der Waals surface area contributed by atoms with E-state index in [-0.39, 0.29) is 34.0 Å². The normalized spacial score (nSPS) is 12.4. The van der Waals surface area contributed by atoms with Crippen LogP contribution in [0.5, 0.6) is 11.5 Å². The number of carbonyl (C=O) groups excluding carboxylic acids is 1. The molecule has 0 fully saturated rings. The Morgan fingerprint density at radius 1 is 1.04 bits per heavy atom. The van der Waals surface area contributed by atoms with Gasteiger partial charge in [0.05, 0.1) is 16.3 Å². The monoisotopic (exact) mass is 670 g/mol. The number of aliphatic carboxylic acids is 1. The van der Waals surface area contributed by atoms with E-state index in [4.69, 9.17) is 21.1 Å². The first-order chi connectivity index (χ1) is 21.2. The summed E-state index contributed by atoms with van der Waals surface area (Å²) in [7, 11) is -3.44. The van der Waals surface area contributed by atoms with Gasteiger partial charge in [0.15, 0.2) is 9.84 Å². The van der Waals surface area contributed by atoms with Crippen molar-refractivity contribution >= 4 is 44.7 Å². The van der Waals surface area contributed by atoms with Crippen molar-refractivity contribution in [1.82, 2.24) is 10.3 Å². The van der Waals surface area contributed by atoms with Gasteiger partial charge in [-0.25, -0.2) is 18.2 Å². The number of amides is 1. The number of aryl methyl sites for hydroxylation is 2. The first-order valence-corrected chi connectivity index (χ1v) is 17.1. The first kappa shape index (κ1) is 34.0. The summed E-state index contributed by atoms with van der Waals surface area (Å²) in [6.45, 7) is 8.35. The number of nitrogens with one attached hydrogen (secondary N) is 1. The van der Waals surface area contributed by atoms with Gasteiger partial charge in [-0.05, 0) is 79.4 Å². The van der Waals surface area contributed by atoms with Crippen molar-refractivity contribution in [3.63, 3.8) is 0 Å². The van der Waals surface area contributed by atoms with E-state index in [0.717, 1.165) is 21.8 Å². The average Bonchev–Trinajstić information content (AvgIpc) is 3.47. The van der Waals surface area contributed by atoms with Crippen LogP contribution in [0.2, 0.25) is 5.02 Å². The molecular weight excluding hydrogens is 636 g/mol. The molecule has 1 unspecified atom stereocenters. The van der Waals surface area contributed by atoms with Crippen molar-refractivity contribution in [3.8, 4) is 11.5 Å². The minimum atomic E-state index is -3.44. The van der Waals surface area contributed by atoms with E-state index in [1.807, 2.05) is 12.3 Å². The van der Waals surface area contributed by atoms with Crippen molar-refractivity contribution in [2.75, 3.05) is 5.75 Å². The van der Waals surface area contributed by atoms with Crippen LogP contribution in [0.1, 0.15) is 59.4 Å². The molecule has 1 atom stereocenters. The Kier molecular flexibility index (Phi) is 10.9. The van der Waals surface area contributed by atoms with E-state index in [1.165, 1.54) is 23.5 Å². The topological polar surface area (TPSA) is 132 Å². The van der Waals surface area contributed by atoms with Crippen LogP contribution in [0.15, 0.2) is 77.0 Å². The third-order valence-corrected chi connectivity index (χ3v) is 9.73. The predicted octanol–water partition coefficient (Wildman–Crippen LogP) is 6.61. The molecule has 9 nitrogen and oxygen atoms in total. The second-order valence-corrected chi connectivity index (χ2v) is 15.0. The molecule has 45 heavy (non-hydrogen) atoms. The van der Waals surface area contributed by atoms with Gasteiger partial charge in [0, 0.05) is 21.4 Å². The Hall–Kier alpha value is -3.93. The number of carboxylic acids is 1. The molecule has 0 saturated carbocycles. The summed E-state index contributed by atoms with van der Waals surface area (Å²) in [6.07, 6.45) is -0.766. The molecule has 0 aliphatic heterocycles. The van der Waals surface area contributed by atoms with Gasteiger partial charge in [-0.15, -0.1) is 11.3 Å². The molecule has 4 rings (SSSR count). The molecule has 0 radical (unpaired) electrons. The van der Waals surface area contributed by atoms with E-state index in [9.17, 15) is 23.1 Å². The molecule has 0 spiro atoms. The summed E-state index contributed by atoms with van der Waals surface area (Å²) in [5.74, 6) is -1.34. The van der Waals surface area contributed by atoms with Crippen LogP contribution in [-0.4, -0.2) is 42.4 Å². The number of benzene rings is 3. The van der Waals surface area contributed by atoms with Gasteiger partial charge in [-0.1, -0.05) is 50.6 Å². The number of aromatic nitrogens is 1. The fourth-order valence-corrected chi connectivity index (χ4v) is 6.57. The predicted molar refractivity (Wildman–Crippen MR) is 174 cm³/mol. The SMILES string of the molecule is Cc1ccc(C(=O)NC(Oc2ccc(CCCS(=O)(=O)c3ccc(Cl)cc3)cc2)C(=O)O)cc1OCc1nc(C(C)(C)C)cs1. The maximum Gasteiger partial charge on any atom is 0.366 e. The summed E-state index contributed by atoms with van der Waals surface area (Å²) in [5.41, 5.74) is 2.78. The Bertz CT molecular complexity index is 1750. The van der Waals surface area contributed by atoms with Gasteiger partial charge in [0.2, 0.25) is 0 Å². The van der Waals surface area contributed by atoms with Gasteiger partial charge in [-0.3, -0.25) is 4.79 Å². The largest absolute Gasteiger partial charge is 0.486 e. The van der Waals surface area contributed by atoms with Crippen LogP contribution in [0, 0.1) is 6.92 Å². The zero-order chi connectivity index (χ0) is 32.8. The van der Waals surface area contributed by atoms with Crippen LogP contribution in [0.4, 0.5) is 0 Å². The molecule has 1 amide bonds. The zero-order valence-electron chi connectivity index (χ0n) is 25.4. The number of rotatable bonds is 13. The molecule has 3 aromatic carbocycles. The van der Waals surface area contributed by atoms with Crippen molar-refractivity contribution < 1.29 is 32.6 Å². The molecule has 4 aromatic rings. The highest BCUT2D eigenvalue weighted by Gasteiger charge is 2.24. The van der Waals surface area contributed by atoms with Crippen LogP contribution in [0.3, 0.4) is 0 Å². The second kappa shape index (κ2) is 14.4.